The van der Waals surface area contributed by atoms with Crippen molar-refractivity contribution in [2.45, 2.75) is 61.8 Å². The maximum Gasteiger partial charge on any atom is 0.343 e. The lowest BCUT2D eigenvalue weighted by atomic mass is 9.80. The first-order chi connectivity index (χ1) is 13.0. The minimum absolute atomic E-state index is 0.0329. The van der Waals surface area contributed by atoms with E-state index in [0.717, 1.165) is 50.7 Å². The number of carboxylic acid groups (broad SMARTS) is 1. The van der Waals surface area contributed by atoms with Gasteiger partial charge in [-0.1, -0.05) is 12.1 Å². The lowest BCUT2D eigenvalue weighted by molar-refractivity contribution is -0.151. The molecule has 6 heteroatoms. The van der Waals surface area contributed by atoms with E-state index in [2.05, 4.69) is 4.90 Å². The molecule has 1 saturated carbocycles. The molecule has 27 heavy (non-hydrogen) atoms. The Morgan fingerprint density at radius 1 is 1.26 bits per heavy atom. The van der Waals surface area contributed by atoms with Crippen LogP contribution >= 0.6 is 0 Å². The summed E-state index contributed by atoms with van der Waals surface area (Å²) in [4.78, 5) is 13.9. The number of benzene rings is 1. The predicted octanol–water partition coefficient (Wildman–Crippen LogP) is 3.38. The second-order valence-electron chi connectivity index (χ2n) is 8.29. The first-order valence-electron chi connectivity index (χ1n) is 9.90. The van der Waals surface area contributed by atoms with Crippen LogP contribution in [0.5, 0.6) is 5.75 Å². The molecular formula is C21H28FNO4. The summed E-state index contributed by atoms with van der Waals surface area (Å²) in [5, 5.41) is 9.64. The lowest BCUT2D eigenvalue weighted by Gasteiger charge is -2.40. The smallest absolute Gasteiger partial charge is 0.343 e. The van der Waals surface area contributed by atoms with E-state index in [0.29, 0.717) is 12.3 Å². The summed E-state index contributed by atoms with van der Waals surface area (Å²) in [5.74, 6) is -1.35. The zero-order chi connectivity index (χ0) is 19.1. The Bertz CT molecular complexity index is 678. The SMILES string of the molecule is COc1ccc([C@@H]2CN([C@H]3CC[C@@]4(CCCO4)CC3)C[C@@]2(F)C(=O)O)cc1. The highest BCUT2D eigenvalue weighted by Gasteiger charge is 2.55. The van der Waals surface area contributed by atoms with E-state index >= 15 is 4.39 Å². The first-order valence-corrected chi connectivity index (χ1v) is 9.90. The van der Waals surface area contributed by atoms with Gasteiger partial charge in [-0.3, -0.25) is 4.90 Å². The van der Waals surface area contributed by atoms with Crippen LogP contribution in [0.2, 0.25) is 0 Å². The third-order valence-corrected chi connectivity index (χ3v) is 6.84. The Morgan fingerprint density at radius 2 is 1.96 bits per heavy atom. The Morgan fingerprint density at radius 3 is 2.52 bits per heavy atom. The van der Waals surface area contributed by atoms with Crippen LogP contribution in [0.4, 0.5) is 4.39 Å². The van der Waals surface area contributed by atoms with Crippen molar-refractivity contribution in [3.63, 3.8) is 0 Å². The van der Waals surface area contributed by atoms with Gasteiger partial charge in [-0.15, -0.1) is 0 Å². The van der Waals surface area contributed by atoms with Crippen LogP contribution < -0.4 is 4.74 Å². The van der Waals surface area contributed by atoms with Gasteiger partial charge in [0.15, 0.2) is 0 Å². The number of hydrogen-bond acceptors (Lipinski definition) is 4. The van der Waals surface area contributed by atoms with Crippen LogP contribution in [0.15, 0.2) is 24.3 Å². The highest BCUT2D eigenvalue weighted by molar-refractivity contribution is 5.80. The molecule has 1 spiro atoms. The molecule has 2 heterocycles. The van der Waals surface area contributed by atoms with E-state index in [1.54, 1.807) is 31.4 Å². The highest BCUT2D eigenvalue weighted by Crippen LogP contribution is 2.45. The van der Waals surface area contributed by atoms with Crippen LogP contribution in [0.25, 0.3) is 0 Å². The fourth-order valence-corrected chi connectivity index (χ4v) is 5.19. The maximum absolute atomic E-state index is 15.6. The van der Waals surface area contributed by atoms with Gasteiger partial charge in [0.1, 0.15) is 5.75 Å². The number of carbonyl (C=O) groups is 1. The molecule has 1 aromatic carbocycles. The van der Waals surface area contributed by atoms with E-state index in [-0.39, 0.29) is 18.2 Å². The number of nitrogens with zero attached hydrogens (tertiary/aromatic N) is 1. The first kappa shape index (κ1) is 18.7. The van der Waals surface area contributed by atoms with Crippen molar-refractivity contribution in [3.05, 3.63) is 29.8 Å². The van der Waals surface area contributed by atoms with Crippen LogP contribution in [0, 0.1) is 0 Å². The van der Waals surface area contributed by atoms with Gasteiger partial charge in [0, 0.05) is 31.7 Å². The molecule has 148 valence electrons. The molecule has 2 aliphatic heterocycles. The number of aliphatic carboxylic acids is 1. The second kappa shape index (κ2) is 7.06. The standard InChI is InChI=1S/C21H28FNO4/c1-26-17-5-3-15(4-6-17)18-13-23(14-21(18,22)19(24)25)16-7-10-20(11-8-16)9-2-12-27-20/h3-6,16,18H,2,7-14H2,1H3,(H,24,25)/t16-,18-,20-,21-/m0/s1. The topological polar surface area (TPSA) is 59.0 Å². The molecule has 0 amide bonds. The van der Waals surface area contributed by atoms with Gasteiger partial charge in [0.25, 0.3) is 0 Å². The van der Waals surface area contributed by atoms with Crippen molar-refractivity contribution in [3.8, 4) is 5.75 Å². The molecule has 0 unspecified atom stereocenters. The van der Waals surface area contributed by atoms with Gasteiger partial charge in [-0.05, 0) is 56.2 Å². The van der Waals surface area contributed by atoms with Gasteiger partial charge in [0.05, 0.1) is 12.7 Å². The van der Waals surface area contributed by atoms with Crippen LogP contribution in [0.3, 0.4) is 0 Å². The largest absolute Gasteiger partial charge is 0.497 e. The van der Waals surface area contributed by atoms with Crippen molar-refractivity contribution >= 4 is 5.97 Å². The van der Waals surface area contributed by atoms with E-state index in [4.69, 9.17) is 9.47 Å². The third kappa shape index (κ3) is 3.34. The number of hydrogen-bond donors (Lipinski definition) is 1. The second-order valence-corrected chi connectivity index (χ2v) is 8.29. The van der Waals surface area contributed by atoms with E-state index in [1.165, 1.54) is 0 Å². The molecule has 0 aromatic heterocycles. The van der Waals surface area contributed by atoms with Crippen LogP contribution in [-0.4, -0.2) is 60.1 Å². The summed E-state index contributed by atoms with van der Waals surface area (Å²) in [7, 11) is 1.58. The Hall–Kier alpha value is -1.66. The molecule has 5 nitrogen and oxygen atoms in total. The molecule has 1 aromatic rings. The monoisotopic (exact) mass is 377 g/mol. The van der Waals surface area contributed by atoms with Gasteiger partial charge in [-0.2, -0.15) is 0 Å². The predicted molar refractivity (Wildman–Crippen MR) is 99.0 cm³/mol. The maximum atomic E-state index is 15.6. The van der Waals surface area contributed by atoms with E-state index in [1.807, 2.05) is 0 Å². The van der Waals surface area contributed by atoms with Crippen LogP contribution in [-0.2, 0) is 9.53 Å². The average molecular weight is 377 g/mol. The molecule has 2 atom stereocenters. The van der Waals surface area contributed by atoms with Crippen molar-refractivity contribution in [1.82, 2.24) is 4.90 Å². The molecule has 1 N–H and O–H groups in total. The minimum Gasteiger partial charge on any atom is -0.497 e. The molecule has 2 saturated heterocycles. The fourth-order valence-electron chi connectivity index (χ4n) is 5.19. The molecular weight excluding hydrogens is 349 g/mol. The number of methoxy groups -OCH3 is 1. The van der Waals surface area contributed by atoms with Gasteiger partial charge in [0.2, 0.25) is 5.67 Å². The van der Waals surface area contributed by atoms with E-state index in [9.17, 15) is 9.90 Å². The fraction of sp³-hybridized carbons (Fsp3) is 0.667. The normalized spacial score (nSPS) is 37.0. The van der Waals surface area contributed by atoms with Crippen molar-refractivity contribution < 1.29 is 23.8 Å². The Kier molecular flexibility index (Phi) is 4.89. The number of rotatable bonds is 4. The molecule has 0 radical (unpaired) electrons. The quantitative estimate of drug-likeness (QED) is 0.872. The number of alkyl halides is 1. The molecule has 3 fully saturated rings. The van der Waals surface area contributed by atoms with Crippen molar-refractivity contribution in [1.29, 1.82) is 0 Å². The molecule has 3 aliphatic rings. The number of halogens is 1. The third-order valence-electron chi connectivity index (χ3n) is 6.84. The summed E-state index contributed by atoms with van der Waals surface area (Å²) in [6.07, 6.45) is 6.13. The number of carboxylic acids is 1. The Balaban J connectivity index is 1.50. The Labute approximate surface area is 159 Å². The molecule has 0 bridgehead atoms. The average Bonchev–Trinajstić information content (AvgIpc) is 3.28. The zero-order valence-electron chi connectivity index (χ0n) is 15.8. The highest BCUT2D eigenvalue weighted by atomic mass is 19.1. The lowest BCUT2D eigenvalue weighted by Crippen LogP contribution is -2.45. The number of ether oxygens (including phenoxy) is 2. The van der Waals surface area contributed by atoms with Crippen molar-refractivity contribution in [2.75, 3.05) is 26.8 Å². The summed E-state index contributed by atoms with van der Waals surface area (Å²) in [6.45, 7) is 1.24. The van der Waals surface area contributed by atoms with E-state index < -0.39 is 17.6 Å². The summed E-state index contributed by atoms with van der Waals surface area (Å²) >= 11 is 0. The summed E-state index contributed by atoms with van der Waals surface area (Å²) < 4.78 is 26.7. The van der Waals surface area contributed by atoms with Gasteiger partial charge in [-0.25, -0.2) is 9.18 Å². The molecule has 4 rings (SSSR count). The molecule has 1 aliphatic carbocycles. The van der Waals surface area contributed by atoms with Gasteiger partial charge >= 0.3 is 5.97 Å². The van der Waals surface area contributed by atoms with Gasteiger partial charge < -0.3 is 14.6 Å². The minimum atomic E-state index is -2.26. The van der Waals surface area contributed by atoms with Crippen LogP contribution in [0.1, 0.15) is 50.0 Å². The summed E-state index contributed by atoms with van der Waals surface area (Å²) in [6, 6.07) is 7.33. The van der Waals surface area contributed by atoms with Crippen molar-refractivity contribution in [2.24, 2.45) is 0 Å². The number of likely N-dealkylation sites (tertiary alicyclic amines) is 1. The zero-order valence-corrected chi connectivity index (χ0v) is 15.8. The summed E-state index contributed by atoms with van der Waals surface area (Å²) in [5.41, 5.74) is -1.51.